The third-order valence-corrected chi connectivity index (χ3v) is 3.19. The van der Waals surface area contributed by atoms with Crippen molar-refractivity contribution in [3.05, 3.63) is 52.8 Å². The second-order valence-electron chi connectivity index (χ2n) is 4.34. The summed E-state index contributed by atoms with van der Waals surface area (Å²) in [6.45, 7) is 2.03. The highest BCUT2D eigenvalue weighted by atomic mass is 35.5. The van der Waals surface area contributed by atoms with Crippen LogP contribution in [0.25, 0.3) is 0 Å². The summed E-state index contributed by atoms with van der Waals surface area (Å²) in [5, 5.41) is 7.38. The van der Waals surface area contributed by atoms with E-state index in [1.165, 1.54) is 4.68 Å². The van der Waals surface area contributed by atoms with Crippen LogP contribution in [-0.2, 0) is 7.05 Å². The molecule has 1 aromatic heterocycles. The van der Waals surface area contributed by atoms with E-state index < -0.39 is 0 Å². The van der Waals surface area contributed by atoms with Crippen LogP contribution in [0.1, 0.15) is 35.4 Å². The van der Waals surface area contributed by atoms with Crippen molar-refractivity contribution >= 4 is 17.5 Å². The largest absolute Gasteiger partial charge is 0.344 e. The Morgan fingerprint density at radius 2 is 2.11 bits per heavy atom. The zero-order valence-corrected chi connectivity index (χ0v) is 11.7. The molecule has 100 valence electrons. The number of hydrogen-bond donors (Lipinski definition) is 1. The second-order valence-corrected chi connectivity index (χ2v) is 4.75. The number of aryl methyl sites for hydroxylation is 1. The van der Waals surface area contributed by atoms with Crippen molar-refractivity contribution in [3.63, 3.8) is 0 Å². The van der Waals surface area contributed by atoms with Gasteiger partial charge in [-0.3, -0.25) is 9.48 Å². The van der Waals surface area contributed by atoms with Crippen molar-refractivity contribution in [2.45, 2.75) is 19.4 Å². The molecule has 0 saturated carbocycles. The van der Waals surface area contributed by atoms with Gasteiger partial charge in [0.25, 0.3) is 5.91 Å². The number of carbonyl (C=O) groups is 1. The maximum atomic E-state index is 12.2. The highest BCUT2D eigenvalue weighted by Crippen LogP contribution is 2.18. The highest BCUT2D eigenvalue weighted by molar-refractivity contribution is 6.33. The molecule has 0 saturated heterocycles. The predicted octanol–water partition coefficient (Wildman–Crippen LogP) is 2.95. The van der Waals surface area contributed by atoms with E-state index in [0.29, 0.717) is 5.02 Å². The van der Waals surface area contributed by atoms with Gasteiger partial charge in [0.2, 0.25) is 0 Å². The Labute approximate surface area is 117 Å². The molecule has 0 radical (unpaired) electrons. The summed E-state index contributed by atoms with van der Waals surface area (Å²) in [4.78, 5) is 12.2. The molecule has 0 aliphatic rings. The molecule has 1 unspecified atom stereocenters. The number of halogens is 1. The smallest absolute Gasteiger partial charge is 0.273 e. The summed E-state index contributed by atoms with van der Waals surface area (Å²) in [5.74, 6) is -0.249. The number of nitrogens with one attached hydrogen (secondary N) is 1. The number of amides is 1. The maximum Gasteiger partial charge on any atom is 0.273 e. The topological polar surface area (TPSA) is 46.9 Å². The second kappa shape index (κ2) is 5.89. The Morgan fingerprint density at radius 1 is 1.42 bits per heavy atom. The van der Waals surface area contributed by atoms with Gasteiger partial charge in [-0.05, 0) is 12.0 Å². The van der Waals surface area contributed by atoms with Crippen LogP contribution >= 0.6 is 11.6 Å². The Hall–Kier alpha value is -1.81. The quantitative estimate of drug-likeness (QED) is 0.934. The molecular weight excluding hydrogens is 262 g/mol. The van der Waals surface area contributed by atoms with E-state index in [4.69, 9.17) is 11.6 Å². The third-order valence-electron chi connectivity index (χ3n) is 2.91. The molecule has 0 bridgehead atoms. The van der Waals surface area contributed by atoms with Gasteiger partial charge in [0.05, 0.1) is 11.1 Å². The van der Waals surface area contributed by atoms with Crippen molar-refractivity contribution in [1.82, 2.24) is 15.1 Å². The lowest BCUT2D eigenvalue weighted by molar-refractivity contribution is 0.0930. The van der Waals surface area contributed by atoms with Gasteiger partial charge in [-0.15, -0.1) is 0 Å². The van der Waals surface area contributed by atoms with Crippen LogP contribution in [0.15, 0.2) is 36.5 Å². The first-order chi connectivity index (χ1) is 9.11. The van der Waals surface area contributed by atoms with Crippen molar-refractivity contribution in [1.29, 1.82) is 0 Å². The molecule has 1 N–H and O–H groups in total. The fourth-order valence-electron chi connectivity index (χ4n) is 1.95. The molecule has 4 nitrogen and oxygen atoms in total. The molecule has 5 heteroatoms. The first kappa shape index (κ1) is 13.6. The summed E-state index contributed by atoms with van der Waals surface area (Å²) in [6.07, 6.45) is 2.42. The van der Waals surface area contributed by atoms with Crippen molar-refractivity contribution in [2.24, 2.45) is 7.05 Å². The summed E-state index contributed by atoms with van der Waals surface area (Å²) < 4.78 is 1.53. The van der Waals surface area contributed by atoms with Gasteiger partial charge in [0.1, 0.15) is 0 Å². The van der Waals surface area contributed by atoms with Gasteiger partial charge in [-0.1, -0.05) is 48.9 Å². The molecule has 1 aromatic carbocycles. The van der Waals surface area contributed by atoms with Crippen molar-refractivity contribution in [2.75, 3.05) is 0 Å². The molecule has 1 atom stereocenters. The van der Waals surface area contributed by atoms with Gasteiger partial charge < -0.3 is 5.32 Å². The van der Waals surface area contributed by atoms with Gasteiger partial charge >= 0.3 is 0 Å². The Bertz CT molecular complexity index is 565. The zero-order valence-electron chi connectivity index (χ0n) is 10.9. The van der Waals surface area contributed by atoms with Gasteiger partial charge in [0.15, 0.2) is 5.69 Å². The van der Waals surface area contributed by atoms with E-state index in [9.17, 15) is 4.79 Å². The fraction of sp³-hybridized carbons (Fsp3) is 0.286. The van der Waals surface area contributed by atoms with Gasteiger partial charge in [0, 0.05) is 13.2 Å². The van der Waals surface area contributed by atoms with E-state index in [1.54, 1.807) is 13.2 Å². The molecule has 1 amide bonds. The number of hydrogen-bond acceptors (Lipinski definition) is 2. The van der Waals surface area contributed by atoms with Crippen molar-refractivity contribution < 1.29 is 4.79 Å². The zero-order chi connectivity index (χ0) is 13.8. The summed E-state index contributed by atoms with van der Waals surface area (Å²) in [6, 6.07) is 9.82. The Morgan fingerprint density at radius 3 is 2.63 bits per heavy atom. The standard InChI is InChI=1S/C14H16ClN3O/c1-3-12(10-7-5-4-6-8-10)16-14(19)13-11(15)9-18(2)17-13/h4-9,12H,3H2,1-2H3,(H,16,19). The molecule has 0 aliphatic heterocycles. The summed E-state index contributed by atoms with van der Waals surface area (Å²) >= 11 is 5.97. The minimum atomic E-state index is -0.249. The average Bonchev–Trinajstić information content (AvgIpc) is 2.76. The number of nitrogens with zero attached hydrogens (tertiary/aromatic N) is 2. The minimum absolute atomic E-state index is 0.0354. The van der Waals surface area contributed by atoms with E-state index >= 15 is 0 Å². The monoisotopic (exact) mass is 277 g/mol. The molecule has 0 spiro atoms. The van der Waals surface area contributed by atoms with Crippen molar-refractivity contribution in [3.8, 4) is 0 Å². The average molecular weight is 278 g/mol. The molecule has 2 aromatic rings. The predicted molar refractivity (Wildman–Crippen MR) is 75.2 cm³/mol. The molecule has 0 fully saturated rings. The normalized spacial score (nSPS) is 12.2. The van der Waals surface area contributed by atoms with E-state index in [0.717, 1.165) is 12.0 Å². The molecular formula is C14H16ClN3O. The van der Waals surface area contributed by atoms with Crippen LogP contribution in [0.2, 0.25) is 5.02 Å². The maximum absolute atomic E-state index is 12.2. The first-order valence-electron chi connectivity index (χ1n) is 6.16. The van der Waals surface area contributed by atoms with Crippen LogP contribution in [0.5, 0.6) is 0 Å². The summed E-state index contributed by atoms with van der Waals surface area (Å²) in [7, 11) is 1.73. The first-order valence-corrected chi connectivity index (χ1v) is 6.54. The Kier molecular flexibility index (Phi) is 4.22. The molecule has 2 rings (SSSR count). The number of carbonyl (C=O) groups excluding carboxylic acids is 1. The number of aromatic nitrogens is 2. The van der Waals surface area contributed by atoms with Gasteiger partial charge in [-0.2, -0.15) is 5.10 Å². The van der Waals surface area contributed by atoms with Crippen LogP contribution in [0, 0.1) is 0 Å². The lowest BCUT2D eigenvalue weighted by Gasteiger charge is -2.16. The van der Waals surface area contributed by atoms with E-state index in [2.05, 4.69) is 10.4 Å². The molecule has 0 aliphatic carbocycles. The van der Waals surface area contributed by atoms with E-state index in [1.807, 2.05) is 37.3 Å². The Balaban J connectivity index is 2.15. The van der Waals surface area contributed by atoms with Crippen LogP contribution < -0.4 is 5.32 Å². The van der Waals surface area contributed by atoms with E-state index in [-0.39, 0.29) is 17.6 Å². The fourth-order valence-corrected chi connectivity index (χ4v) is 2.21. The lowest BCUT2D eigenvalue weighted by Crippen LogP contribution is -2.28. The molecule has 1 heterocycles. The highest BCUT2D eigenvalue weighted by Gasteiger charge is 2.18. The van der Waals surface area contributed by atoms with Crippen LogP contribution in [0.4, 0.5) is 0 Å². The minimum Gasteiger partial charge on any atom is -0.344 e. The summed E-state index contributed by atoms with van der Waals surface area (Å²) in [5.41, 5.74) is 1.34. The SMILES string of the molecule is CCC(NC(=O)c1nn(C)cc1Cl)c1ccccc1. The van der Waals surface area contributed by atoms with Crippen LogP contribution in [-0.4, -0.2) is 15.7 Å². The number of rotatable bonds is 4. The van der Waals surface area contributed by atoms with Gasteiger partial charge in [-0.25, -0.2) is 0 Å². The molecule has 19 heavy (non-hydrogen) atoms. The third kappa shape index (κ3) is 3.15. The van der Waals surface area contributed by atoms with Crippen LogP contribution in [0.3, 0.4) is 0 Å². The number of benzene rings is 1. The lowest BCUT2D eigenvalue weighted by atomic mass is 10.0.